The summed E-state index contributed by atoms with van der Waals surface area (Å²) < 4.78 is 5.37. The van der Waals surface area contributed by atoms with E-state index in [2.05, 4.69) is 44.3 Å². The summed E-state index contributed by atoms with van der Waals surface area (Å²) in [6.45, 7) is 16.8. The summed E-state index contributed by atoms with van der Waals surface area (Å²) in [6, 6.07) is 0. The highest BCUT2D eigenvalue weighted by Gasteiger charge is 2.29. The van der Waals surface area contributed by atoms with E-state index in [-0.39, 0.29) is 41.5 Å². The Balaban J connectivity index is 2.67. The van der Waals surface area contributed by atoms with Crippen molar-refractivity contribution < 1.29 is 24.2 Å². The van der Waals surface area contributed by atoms with E-state index in [0.29, 0.717) is 36.9 Å². The largest absolute Gasteiger partial charge is 0.454 e. The topological polar surface area (TPSA) is 83.9 Å². The number of aliphatic hydroxyl groups excluding tert-OH is 1. The van der Waals surface area contributed by atoms with Crippen LogP contribution in [0.3, 0.4) is 0 Å². The summed E-state index contributed by atoms with van der Waals surface area (Å²) >= 11 is 8.46. The van der Waals surface area contributed by atoms with Crippen LogP contribution in [0.5, 0.6) is 0 Å². The molecule has 44 heavy (non-hydrogen) atoms. The lowest BCUT2D eigenvalue weighted by Crippen LogP contribution is -2.34. The first-order valence-electron chi connectivity index (χ1n) is 15.7. The third-order valence-corrected chi connectivity index (χ3v) is 8.26. The molecule has 1 heterocycles. The molecule has 0 aromatic carbocycles. The van der Waals surface area contributed by atoms with Gasteiger partial charge in [0.25, 0.3) is 0 Å². The van der Waals surface area contributed by atoms with Crippen LogP contribution in [0.15, 0.2) is 71.4 Å². The van der Waals surface area contributed by atoms with Gasteiger partial charge in [0.15, 0.2) is 0 Å². The fourth-order valence-corrected chi connectivity index (χ4v) is 5.78. The van der Waals surface area contributed by atoms with Gasteiger partial charge < -0.3 is 14.7 Å². The van der Waals surface area contributed by atoms with Crippen molar-refractivity contribution in [3.05, 3.63) is 71.4 Å². The van der Waals surface area contributed by atoms with Gasteiger partial charge in [0.05, 0.1) is 6.10 Å². The minimum absolute atomic E-state index is 0.00397. The van der Waals surface area contributed by atoms with Gasteiger partial charge >= 0.3 is 5.97 Å². The molecule has 5 unspecified atom stereocenters. The molecule has 1 N–H and O–H groups in total. The summed E-state index contributed by atoms with van der Waals surface area (Å²) in [6.07, 6.45) is 17.5. The average Bonchev–Trinajstić information content (AvgIpc) is 2.95. The molecular weight excluding hydrogens is 591 g/mol. The number of thiol groups is 2. The summed E-state index contributed by atoms with van der Waals surface area (Å²) in [5.74, 6) is 0.207. The van der Waals surface area contributed by atoms with E-state index >= 15 is 0 Å². The number of Topliss-reactive ketones (excluding diaryl/α,β-unsaturated/α-hetero) is 1. The van der Waals surface area contributed by atoms with Crippen molar-refractivity contribution in [3.63, 3.8) is 0 Å². The van der Waals surface area contributed by atoms with E-state index in [4.69, 9.17) is 4.74 Å². The molecule has 0 fully saturated rings. The second-order valence-corrected chi connectivity index (χ2v) is 13.2. The molecule has 6 nitrogen and oxygen atoms in total. The molecular formula is C36H55NO5S2. The zero-order chi connectivity index (χ0) is 33.4. The molecule has 0 spiro atoms. The molecule has 0 aromatic rings. The molecule has 0 saturated heterocycles. The average molecular weight is 646 g/mol. The van der Waals surface area contributed by atoms with Crippen LogP contribution < -0.4 is 0 Å². The van der Waals surface area contributed by atoms with Gasteiger partial charge in [-0.25, -0.2) is 4.79 Å². The predicted molar refractivity (Wildman–Crippen MR) is 189 cm³/mol. The van der Waals surface area contributed by atoms with Crippen LogP contribution in [0, 0.1) is 29.6 Å². The van der Waals surface area contributed by atoms with Gasteiger partial charge in [-0.05, 0) is 51.5 Å². The Hall–Kier alpha value is -2.29. The molecule has 0 bridgehead atoms. The highest BCUT2D eigenvalue weighted by atomic mass is 32.1. The fourth-order valence-electron chi connectivity index (χ4n) is 5.29. The Kier molecular flexibility index (Phi) is 18.7. The lowest BCUT2D eigenvalue weighted by Gasteiger charge is -2.26. The normalized spacial score (nSPS) is 21.7. The van der Waals surface area contributed by atoms with Crippen molar-refractivity contribution in [2.24, 2.45) is 29.6 Å². The molecule has 1 aliphatic rings. The molecule has 246 valence electrons. The van der Waals surface area contributed by atoms with Gasteiger partial charge in [-0.3, -0.25) is 9.59 Å². The van der Waals surface area contributed by atoms with Crippen molar-refractivity contribution in [2.75, 3.05) is 24.6 Å². The van der Waals surface area contributed by atoms with Crippen LogP contribution in [0.1, 0.15) is 68.2 Å². The zero-order valence-electron chi connectivity index (χ0n) is 27.9. The third-order valence-electron chi connectivity index (χ3n) is 7.86. The van der Waals surface area contributed by atoms with Gasteiger partial charge in [0.1, 0.15) is 11.9 Å². The Labute approximate surface area is 277 Å². The molecule has 0 aliphatic carbocycles. The molecule has 1 rings (SSSR count). The second-order valence-electron chi connectivity index (χ2n) is 12.3. The molecule has 0 aromatic heterocycles. The van der Waals surface area contributed by atoms with Gasteiger partial charge in [-0.1, -0.05) is 87.8 Å². The summed E-state index contributed by atoms with van der Waals surface area (Å²) in [7, 11) is 0. The number of hydrogen-bond acceptors (Lipinski definition) is 7. The Morgan fingerprint density at radius 1 is 1.02 bits per heavy atom. The number of aliphatic hydroxyl groups is 1. The van der Waals surface area contributed by atoms with Crippen LogP contribution in [0.25, 0.3) is 0 Å². The van der Waals surface area contributed by atoms with Gasteiger partial charge in [0, 0.05) is 54.5 Å². The number of rotatable bonds is 18. The highest BCUT2D eigenvalue weighted by Crippen LogP contribution is 2.24. The number of ether oxygens (including phenoxy) is 1. The number of hydrogen-bond donors (Lipinski definition) is 3. The number of nitrogens with zero attached hydrogens (tertiary/aromatic N) is 1. The van der Waals surface area contributed by atoms with E-state index in [0.717, 1.165) is 23.1 Å². The summed E-state index contributed by atoms with van der Waals surface area (Å²) in [5, 5.41) is 11.0. The molecule has 0 saturated carbocycles. The molecule has 8 heteroatoms. The molecule has 1 aliphatic heterocycles. The molecule has 7 atom stereocenters. The van der Waals surface area contributed by atoms with Crippen LogP contribution >= 0.6 is 25.3 Å². The van der Waals surface area contributed by atoms with Crippen molar-refractivity contribution in [1.29, 1.82) is 0 Å². The van der Waals surface area contributed by atoms with E-state index in [1.807, 2.05) is 71.9 Å². The van der Waals surface area contributed by atoms with Crippen molar-refractivity contribution >= 4 is 42.9 Å². The van der Waals surface area contributed by atoms with Crippen molar-refractivity contribution in [2.45, 2.75) is 80.4 Å². The lowest BCUT2D eigenvalue weighted by molar-refractivity contribution is -0.143. The van der Waals surface area contributed by atoms with Crippen LogP contribution in [0.4, 0.5) is 0 Å². The summed E-state index contributed by atoms with van der Waals surface area (Å²) in [5.41, 5.74) is 2.98. The lowest BCUT2D eigenvalue weighted by atomic mass is 9.83. The standard InChI is InChI=1S/C36H55NO5S2/c1-24(20-26(3)12-14-32-28(5)13-15-34(39)42-32)10-9-11-25(2)21-29(6)35(40)31(8)36(41)30(7)22-27(4)23-33(38)37(16-18-43)17-19-44/h9,11-15,20-21,23-24,28-32,36,41,43-44H,10,16-19,22H2,1-8H3/b11-9+,14-12+,25-21+,26-20-,27-23+/t24?,28-,29?,30?,31?,32-,36?/m0/s1. The Morgan fingerprint density at radius 3 is 2.25 bits per heavy atom. The highest BCUT2D eigenvalue weighted by molar-refractivity contribution is 7.80. The third kappa shape index (κ3) is 14.7. The minimum atomic E-state index is -0.812. The Morgan fingerprint density at radius 2 is 1.64 bits per heavy atom. The second kappa shape index (κ2) is 20.7. The van der Waals surface area contributed by atoms with Crippen LogP contribution in [0.2, 0.25) is 0 Å². The van der Waals surface area contributed by atoms with E-state index in [9.17, 15) is 19.5 Å². The predicted octanol–water partition coefficient (Wildman–Crippen LogP) is 7.00. The van der Waals surface area contributed by atoms with E-state index < -0.39 is 12.0 Å². The minimum Gasteiger partial charge on any atom is -0.454 e. The maximum Gasteiger partial charge on any atom is 0.331 e. The van der Waals surface area contributed by atoms with Gasteiger partial charge in [-0.2, -0.15) is 25.3 Å². The maximum absolute atomic E-state index is 13.2. The first-order valence-corrected chi connectivity index (χ1v) is 17.0. The molecule has 1 amide bonds. The summed E-state index contributed by atoms with van der Waals surface area (Å²) in [4.78, 5) is 39.0. The number of carbonyl (C=O) groups is 3. The first kappa shape index (κ1) is 39.7. The quantitative estimate of drug-likeness (QED) is 0.0647. The monoisotopic (exact) mass is 645 g/mol. The number of amides is 1. The maximum atomic E-state index is 13.2. The smallest absolute Gasteiger partial charge is 0.331 e. The van der Waals surface area contributed by atoms with E-state index in [1.54, 1.807) is 17.9 Å². The van der Waals surface area contributed by atoms with Crippen LogP contribution in [-0.4, -0.2) is 64.5 Å². The van der Waals surface area contributed by atoms with Gasteiger partial charge in [-0.15, -0.1) is 0 Å². The number of allylic oxidation sites excluding steroid dienone is 8. The molecule has 0 radical (unpaired) electrons. The fraction of sp³-hybridized carbons (Fsp3) is 0.583. The first-order chi connectivity index (χ1) is 20.7. The number of esters is 1. The van der Waals surface area contributed by atoms with Gasteiger partial charge in [0.2, 0.25) is 5.91 Å². The van der Waals surface area contributed by atoms with Crippen molar-refractivity contribution in [1.82, 2.24) is 4.90 Å². The zero-order valence-corrected chi connectivity index (χ0v) is 29.7. The SMILES string of the molecule is CC(=C/C(C)C/C=C/C(C)=C/C(C)C(=O)C(C)C(O)C(C)C/C(C)=C/C(=O)N(CCS)CCS)/C=C/[C@@H]1OC(=O)C=C[C@@H]1C. The number of cyclic esters (lactones) is 1. The van der Waals surface area contributed by atoms with Crippen molar-refractivity contribution in [3.8, 4) is 0 Å². The number of carbonyl (C=O) groups excluding carboxylic acids is 3. The van der Waals surface area contributed by atoms with Crippen LogP contribution in [-0.2, 0) is 19.1 Å². The Bertz CT molecular complexity index is 1130. The van der Waals surface area contributed by atoms with E-state index in [1.165, 1.54) is 6.08 Å². The number of ketones is 1.